The molecule has 0 radical (unpaired) electrons. The molecule has 0 atom stereocenters. The summed E-state index contributed by atoms with van der Waals surface area (Å²) in [5.41, 5.74) is -0.537. The fourth-order valence-electron chi connectivity index (χ4n) is 4.06. The molecule has 0 spiro atoms. The molecule has 2 aromatic heterocycles. The van der Waals surface area contributed by atoms with Crippen molar-refractivity contribution in [1.29, 1.82) is 0 Å². The Morgan fingerprint density at radius 3 is 2.53 bits per heavy atom. The van der Waals surface area contributed by atoms with Crippen LogP contribution >= 0.6 is 0 Å². The van der Waals surface area contributed by atoms with Crippen molar-refractivity contribution in [3.63, 3.8) is 0 Å². The van der Waals surface area contributed by atoms with Gasteiger partial charge in [-0.15, -0.1) is 0 Å². The summed E-state index contributed by atoms with van der Waals surface area (Å²) in [7, 11) is 0. The molecular formula is C19H28N6O5. The first-order valence-electron chi connectivity index (χ1n) is 10.2. The SMILES string of the molecule is CC(C)c1nn(CC(=O)N[C@H]2C[C@@](C)(O)C2)c(=O)c2c(N(O)CO)c(C3CC3)nn12. The largest absolute Gasteiger partial charge is 0.390 e. The molecule has 30 heavy (non-hydrogen) atoms. The molecule has 11 heteroatoms. The van der Waals surface area contributed by atoms with Gasteiger partial charge < -0.3 is 15.5 Å². The first-order valence-corrected chi connectivity index (χ1v) is 10.2. The molecule has 0 bridgehead atoms. The van der Waals surface area contributed by atoms with E-state index >= 15 is 0 Å². The van der Waals surface area contributed by atoms with Crippen molar-refractivity contribution in [3.8, 4) is 0 Å². The van der Waals surface area contributed by atoms with Crippen molar-refractivity contribution >= 4 is 17.1 Å². The Hall–Kier alpha value is -2.50. The van der Waals surface area contributed by atoms with Gasteiger partial charge in [-0.1, -0.05) is 13.8 Å². The molecule has 11 nitrogen and oxygen atoms in total. The van der Waals surface area contributed by atoms with Crippen LogP contribution in [0.1, 0.15) is 69.8 Å². The van der Waals surface area contributed by atoms with Crippen molar-refractivity contribution in [3.05, 3.63) is 21.9 Å². The molecule has 164 valence electrons. The molecule has 0 aromatic carbocycles. The first kappa shape index (κ1) is 20.8. The summed E-state index contributed by atoms with van der Waals surface area (Å²) >= 11 is 0. The molecule has 4 N–H and O–H groups in total. The van der Waals surface area contributed by atoms with E-state index in [9.17, 15) is 25.0 Å². The number of nitrogens with one attached hydrogen (secondary N) is 1. The standard InChI is InChI=1S/C19H28N6O5/c1-10(2)17-22-23(8-13(27)20-12-6-19(3,29)7-12)18(28)16-15(24(30)9-26)14(11-4-5-11)21-25(16)17/h10-12,26,29-30H,4-9H2,1-3H3,(H,20,27)/t12-,19+. The van der Waals surface area contributed by atoms with E-state index in [-0.39, 0.29) is 41.5 Å². The van der Waals surface area contributed by atoms with Crippen LogP contribution in [0.5, 0.6) is 0 Å². The maximum atomic E-state index is 13.2. The number of hydrogen-bond donors (Lipinski definition) is 4. The fraction of sp³-hybridized carbons (Fsp3) is 0.684. The molecule has 0 saturated heterocycles. The third-order valence-electron chi connectivity index (χ3n) is 5.67. The van der Waals surface area contributed by atoms with Crippen LogP contribution in [-0.4, -0.2) is 59.1 Å². The van der Waals surface area contributed by atoms with Gasteiger partial charge in [0.15, 0.2) is 11.3 Å². The Morgan fingerprint density at radius 1 is 1.33 bits per heavy atom. The molecule has 2 aromatic rings. The third kappa shape index (κ3) is 3.68. The lowest BCUT2D eigenvalue weighted by molar-refractivity contribution is -0.125. The quantitative estimate of drug-likeness (QED) is 0.364. The number of amides is 1. The molecular weight excluding hydrogens is 392 g/mol. The molecule has 2 heterocycles. The van der Waals surface area contributed by atoms with Gasteiger partial charge >= 0.3 is 0 Å². The predicted molar refractivity (Wildman–Crippen MR) is 106 cm³/mol. The van der Waals surface area contributed by atoms with Gasteiger partial charge in [-0.3, -0.25) is 14.8 Å². The van der Waals surface area contributed by atoms with Gasteiger partial charge in [-0.05, 0) is 32.6 Å². The number of aromatic nitrogens is 4. The lowest BCUT2D eigenvalue weighted by atomic mass is 9.77. The number of carbonyl (C=O) groups is 1. The second-order valence-corrected chi connectivity index (χ2v) is 8.95. The normalized spacial score (nSPS) is 23.6. The first-order chi connectivity index (χ1) is 14.1. The fourth-order valence-corrected chi connectivity index (χ4v) is 4.06. The van der Waals surface area contributed by atoms with E-state index < -0.39 is 17.9 Å². The van der Waals surface area contributed by atoms with Gasteiger partial charge in [-0.25, -0.2) is 14.3 Å². The number of carbonyl (C=O) groups excluding carboxylic acids is 1. The zero-order chi connectivity index (χ0) is 21.8. The molecule has 4 rings (SSSR count). The number of anilines is 1. The molecule has 0 aliphatic heterocycles. The zero-order valence-corrected chi connectivity index (χ0v) is 17.4. The smallest absolute Gasteiger partial charge is 0.295 e. The summed E-state index contributed by atoms with van der Waals surface area (Å²) in [6.45, 7) is 4.52. The number of aliphatic hydroxyl groups is 2. The van der Waals surface area contributed by atoms with E-state index in [0.29, 0.717) is 29.4 Å². The Bertz CT molecular complexity index is 1030. The van der Waals surface area contributed by atoms with Crippen LogP contribution in [0, 0.1) is 0 Å². The van der Waals surface area contributed by atoms with Crippen molar-refractivity contribution in [2.75, 3.05) is 11.8 Å². The van der Waals surface area contributed by atoms with Crippen LogP contribution in [0.25, 0.3) is 5.52 Å². The van der Waals surface area contributed by atoms with Crippen molar-refractivity contribution < 1.29 is 20.2 Å². The molecule has 2 saturated carbocycles. The summed E-state index contributed by atoms with van der Waals surface area (Å²) < 4.78 is 2.50. The van der Waals surface area contributed by atoms with Crippen LogP contribution in [0.3, 0.4) is 0 Å². The highest BCUT2D eigenvalue weighted by atomic mass is 16.5. The number of fused-ring (bicyclic) bond motifs is 1. The average Bonchev–Trinajstić information content (AvgIpc) is 3.41. The van der Waals surface area contributed by atoms with Gasteiger partial charge in [0.1, 0.15) is 19.0 Å². The van der Waals surface area contributed by atoms with Gasteiger partial charge in [0, 0.05) is 17.9 Å². The van der Waals surface area contributed by atoms with Gasteiger partial charge in [-0.2, -0.15) is 10.2 Å². The highest BCUT2D eigenvalue weighted by Crippen LogP contribution is 2.44. The molecule has 2 aliphatic carbocycles. The molecule has 2 aliphatic rings. The third-order valence-corrected chi connectivity index (χ3v) is 5.67. The van der Waals surface area contributed by atoms with Gasteiger partial charge in [0.25, 0.3) is 5.56 Å². The topological polar surface area (TPSA) is 145 Å². The van der Waals surface area contributed by atoms with Crippen molar-refractivity contribution in [1.82, 2.24) is 24.7 Å². The van der Waals surface area contributed by atoms with E-state index in [2.05, 4.69) is 15.5 Å². The Morgan fingerprint density at radius 2 is 2.00 bits per heavy atom. The monoisotopic (exact) mass is 420 g/mol. The Kier molecular flexibility index (Phi) is 5.07. The molecule has 0 unspecified atom stereocenters. The number of nitrogens with zero attached hydrogens (tertiary/aromatic N) is 5. The molecule has 1 amide bonds. The van der Waals surface area contributed by atoms with E-state index in [4.69, 9.17) is 0 Å². The minimum absolute atomic E-state index is 0.0894. The van der Waals surface area contributed by atoms with E-state index in [1.807, 2.05) is 13.8 Å². The van der Waals surface area contributed by atoms with E-state index in [1.54, 1.807) is 6.92 Å². The minimum Gasteiger partial charge on any atom is -0.390 e. The van der Waals surface area contributed by atoms with Gasteiger partial charge in [0.05, 0.1) is 11.3 Å². The van der Waals surface area contributed by atoms with Crippen molar-refractivity contribution in [2.45, 2.75) is 76.5 Å². The Labute approximate surface area is 172 Å². The van der Waals surface area contributed by atoms with Crippen LogP contribution in [0.2, 0.25) is 0 Å². The lowest BCUT2D eigenvalue weighted by Crippen LogP contribution is -2.54. The number of rotatable bonds is 7. The van der Waals surface area contributed by atoms with Crippen LogP contribution in [-0.2, 0) is 11.3 Å². The second kappa shape index (κ2) is 7.33. The summed E-state index contributed by atoms with van der Waals surface area (Å²) in [5, 5.41) is 41.9. The summed E-state index contributed by atoms with van der Waals surface area (Å²) in [6, 6.07) is -0.133. The summed E-state index contributed by atoms with van der Waals surface area (Å²) in [5.74, 6) is 0.105. The van der Waals surface area contributed by atoms with Crippen LogP contribution in [0.4, 0.5) is 5.69 Å². The predicted octanol–water partition coefficient (Wildman–Crippen LogP) is 0.0668. The minimum atomic E-state index is -0.767. The Balaban J connectivity index is 1.74. The highest BCUT2D eigenvalue weighted by Gasteiger charge is 2.39. The summed E-state index contributed by atoms with van der Waals surface area (Å²) in [6.07, 6.45) is 2.71. The molecule has 2 fully saturated rings. The maximum absolute atomic E-state index is 13.2. The van der Waals surface area contributed by atoms with E-state index in [1.165, 1.54) is 4.52 Å². The maximum Gasteiger partial charge on any atom is 0.295 e. The highest BCUT2D eigenvalue weighted by molar-refractivity contribution is 5.77. The summed E-state index contributed by atoms with van der Waals surface area (Å²) in [4.78, 5) is 25.7. The zero-order valence-electron chi connectivity index (χ0n) is 17.4. The lowest BCUT2D eigenvalue weighted by Gasteiger charge is -2.41. The number of aliphatic hydroxyl groups excluding tert-OH is 1. The van der Waals surface area contributed by atoms with Crippen LogP contribution in [0.15, 0.2) is 4.79 Å². The second-order valence-electron chi connectivity index (χ2n) is 8.95. The van der Waals surface area contributed by atoms with E-state index in [0.717, 1.165) is 17.5 Å². The number of hydrogen-bond acceptors (Lipinski definition) is 8. The van der Waals surface area contributed by atoms with Crippen LogP contribution < -0.4 is 15.9 Å². The number of hydroxylamine groups is 1. The van der Waals surface area contributed by atoms with Crippen molar-refractivity contribution in [2.24, 2.45) is 0 Å². The van der Waals surface area contributed by atoms with Gasteiger partial charge in [0.2, 0.25) is 5.91 Å². The average molecular weight is 420 g/mol.